The van der Waals surface area contributed by atoms with Gasteiger partial charge in [0.15, 0.2) is 0 Å². The first-order valence-electron chi connectivity index (χ1n) is 10.2. The van der Waals surface area contributed by atoms with Crippen LogP contribution in [0.25, 0.3) is 0 Å². The zero-order valence-corrected chi connectivity index (χ0v) is 18.1. The van der Waals surface area contributed by atoms with E-state index in [9.17, 15) is 8.42 Å². The molecule has 0 aliphatic carbocycles. The van der Waals surface area contributed by atoms with Crippen LogP contribution in [-0.2, 0) is 30.2 Å². The number of benzene rings is 2. The predicted molar refractivity (Wildman–Crippen MR) is 116 cm³/mol. The van der Waals surface area contributed by atoms with Crippen LogP contribution in [0.2, 0.25) is 0 Å². The maximum atomic E-state index is 13.3. The smallest absolute Gasteiger partial charge is 0.221 e. The molecule has 1 fully saturated rings. The van der Waals surface area contributed by atoms with Gasteiger partial charge < -0.3 is 4.74 Å². The fourth-order valence-electron chi connectivity index (χ4n) is 3.94. The topological polar surface area (TPSA) is 64.4 Å². The largest absolute Gasteiger partial charge is 0.489 e. The van der Waals surface area contributed by atoms with E-state index in [4.69, 9.17) is 4.74 Å². The molecule has 7 heteroatoms. The van der Waals surface area contributed by atoms with Gasteiger partial charge in [0.1, 0.15) is 17.6 Å². The summed E-state index contributed by atoms with van der Waals surface area (Å²) in [6.07, 6.45) is 5.20. The van der Waals surface area contributed by atoms with E-state index in [0.717, 1.165) is 28.9 Å². The fourth-order valence-corrected chi connectivity index (χ4v) is 6.13. The molecule has 0 bridgehead atoms. The molecule has 0 radical (unpaired) electrons. The first-order chi connectivity index (χ1) is 14.4. The van der Waals surface area contributed by atoms with Crippen LogP contribution in [0.3, 0.4) is 0 Å². The van der Waals surface area contributed by atoms with Gasteiger partial charge in [0.2, 0.25) is 10.0 Å². The van der Waals surface area contributed by atoms with Gasteiger partial charge >= 0.3 is 0 Å². The summed E-state index contributed by atoms with van der Waals surface area (Å²) in [7, 11) is -1.55. The van der Waals surface area contributed by atoms with E-state index in [0.29, 0.717) is 19.6 Å². The van der Waals surface area contributed by atoms with Gasteiger partial charge in [-0.15, -0.1) is 0 Å². The Morgan fingerprint density at radius 1 is 1.03 bits per heavy atom. The predicted octanol–water partition coefficient (Wildman–Crippen LogP) is 4.05. The number of nitrogens with zero attached hydrogens (tertiary/aromatic N) is 3. The summed E-state index contributed by atoms with van der Waals surface area (Å²) in [4.78, 5) is 0. The highest BCUT2D eigenvalue weighted by Gasteiger charge is 2.40. The van der Waals surface area contributed by atoms with Crippen LogP contribution in [0.4, 0.5) is 0 Å². The Kier molecular flexibility index (Phi) is 5.92. The lowest BCUT2D eigenvalue weighted by molar-refractivity contribution is 0.281. The first-order valence-corrected chi connectivity index (χ1v) is 11.7. The maximum Gasteiger partial charge on any atom is 0.221 e. The molecule has 1 aromatic heterocycles. The molecule has 2 atom stereocenters. The molecule has 6 nitrogen and oxygen atoms in total. The third-order valence-corrected chi connectivity index (χ3v) is 7.99. The van der Waals surface area contributed by atoms with E-state index in [2.05, 4.69) is 5.10 Å². The monoisotopic (exact) mass is 425 g/mol. The van der Waals surface area contributed by atoms with Crippen molar-refractivity contribution >= 4 is 10.0 Å². The van der Waals surface area contributed by atoms with Crippen LogP contribution >= 0.6 is 0 Å². The normalized spacial score (nSPS) is 21.4. The molecule has 3 aromatic rings. The van der Waals surface area contributed by atoms with Crippen molar-refractivity contribution in [2.75, 3.05) is 0 Å². The molecule has 1 saturated heterocycles. The van der Waals surface area contributed by atoms with Crippen LogP contribution < -0.4 is 4.74 Å². The zero-order valence-electron chi connectivity index (χ0n) is 17.3. The summed E-state index contributed by atoms with van der Waals surface area (Å²) < 4.78 is 35.9. The van der Waals surface area contributed by atoms with Crippen LogP contribution in [0.5, 0.6) is 5.75 Å². The molecule has 1 aliphatic heterocycles. The number of ether oxygens (including phenoxy) is 1. The quantitative estimate of drug-likeness (QED) is 0.598. The van der Waals surface area contributed by atoms with Crippen LogP contribution in [0.15, 0.2) is 67.0 Å². The van der Waals surface area contributed by atoms with E-state index in [-0.39, 0.29) is 6.04 Å². The van der Waals surface area contributed by atoms with Crippen molar-refractivity contribution in [3.63, 3.8) is 0 Å². The first kappa shape index (κ1) is 20.6. The van der Waals surface area contributed by atoms with E-state index in [1.165, 1.54) is 0 Å². The highest BCUT2D eigenvalue weighted by molar-refractivity contribution is 7.89. The van der Waals surface area contributed by atoms with Gasteiger partial charge in [-0.1, -0.05) is 42.5 Å². The summed E-state index contributed by atoms with van der Waals surface area (Å²) >= 11 is 0. The Morgan fingerprint density at radius 2 is 1.77 bits per heavy atom. The molecule has 0 spiro atoms. The van der Waals surface area contributed by atoms with Gasteiger partial charge in [-0.25, -0.2) is 8.42 Å². The van der Waals surface area contributed by atoms with Gasteiger partial charge in [-0.05, 0) is 43.0 Å². The molecule has 4 rings (SSSR count). The molecular formula is C23H27N3O3S. The standard InChI is InChI=1S/C23H27N3O3S/c1-18-8-13-23(21-6-4-3-5-7-21)30(27,28)26(18)16-19-9-11-22(12-10-19)29-17-20-14-24-25(2)15-20/h3-7,9-12,14-15,18,23H,8,13,16-17H2,1-2H3/t18-,23?/m0/s1. The Labute approximate surface area is 178 Å². The molecule has 30 heavy (non-hydrogen) atoms. The Balaban J connectivity index is 1.45. The Hall–Kier alpha value is -2.64. The van der Waals surface area contributed by atoms with E-state index in [1.807, 2.05) is 74.8 Å². The fraction of sp³-hybridized carbons (Fsp3) is 0.348. The van der Waals surface area contributed by atoms with Crippen LogP contribution in [0.1, 0.15) is 41.7 Å². The summed E-state index contributed by atoms with van der Waals surface area (Å²) in [5.41, 5.74) is 2.82. The number of sulfonamides is 1. The molecule has 0 N–H and O–H groups in total. The second kappa shape index (κ2) is 8.62. The molecule has 1 aliphatic rings. The summed E-state index contributed by atoms with van der Waals surface area (Å²) in [5.74, 6) is 0.749. The van der Waals surface area contributed by atoms with E-state index < -0.39 is 15.3 Å². The third-order valence-electron chi connectivity index (χ3n) is 5.62. The van der Waals surface area contributed by atoms with Crippen LogP contribution in [-0.4, -0.2) is 28.5 Å². The summed E-state index contributed by atoms with van der Waals surface area (Å²) in [6, 6.07) is 17.2. The lowest BCUT2D eigenvalue weighted by atomic mass is 10.0. The summed E-state index contributed by atoms with van der Waals surface area (Å²) in [5, 5.41) is 3.66. The van der Waals surface area contributed by atoms with Crippen molar-refractivity contribution in [3.05, 3.63) is 83.7 Å². The summed E-state index contributed by atoms with van der Waals surface area (Å²) in [6.45, 7) is 2.81. The highest BCUT2D eigenvalue weighted by atomic mass is 32.2. The van der Waals surface area contributed by atoms with Crippen molar-refractivity contribution < 1.29 is 13.2 Å². The minimum atomic E-state index is -3.43. The highest BCUT2D eigenvalue weighted by Crippen LogP contribution is 2.38. The van der Waals surface area contributed by atoms with E-state index in [1.54, 1.807) is 15.2 Å². The Morgan fingerprint density at radius 3 is 2.43 bits per heavy atom. The number of hydrogen-bond donors (Lipinski definition) is 0. The second-order valence-electron chi connectivity index (χ2n) is 7.87. The number of rotatable bonds is 6. The van der Waals surface area contributed by atoms with Crippen molar-refractivity contribution in [2.24, 2.45) is 7.05 Å². The molecule has 2 heterocycles. The van der Waals surface area contributed by atoms with Gasteiger partial charge in [-0.3, -0.25) is 4.68 Å². The average molecular weight is 426 g/mol. The van der Waals surface area contributed by atoms with Crippen LogP contribution in [0, 0.1) is 0 Å². The SMILES string of the molecule is C[C@H]1CCC(c2ccccc2)S(=O)(=O)N1Cc1ccc(OCc2cnn(C)c2)cc1. The van der Waals surface area contributed by atoms with Gasteiger partial charge in [-0.2, -0.15) is 9.40 Å². The number of hydrogen-bond acceptors (Lipinski definition) is 4. The van der Waals surface area contributed by atoms with Crippen molar-refractivity contribution in [1.29, 1.82) is 0 Å². The lowest BCUT2D eigenvalue weighted by Gasteiger charge is -2.37. The maximum absolute atomic E-state index is 13.3. The van der Waals surface area contributed by atoms with E-state index >= 15 is 0 Å². The zero-order chi connectivity index (χ0) is 21.1. The molecule has 2 aromatic carbocycles. The average Bonchev–Trinajstić information content (AvgIpc) is 3.16. The lowest BCUT2D eigenvalue weighted by Crippen LogP contribution is -2.44. The minimum Gasteiger partial charge on any atom is -0.489 e. The van der Waals surface area contributed by atoms with Crippen molar-refractivity contribution in [2.45, 2.75) is 44.2 Å². The van der Waals surface area contributed by atoms with Gasteiger partial charge in [0, 0.05) is 31.4 Å². The minimum absolute atomic E-state index is 0.0172. The molecule has 0 amide bonds. The molecular weight excluding hydrogens is 398 g/mol. The van der Waals surface area contributed by atoms with Crippen molar-refractivity contribution in [3.8, 4) is 5.75 Å². The van der Waals surface area contributed by atoms with Crippen molar-refractivity contribution in [1.82, 2.24) is 14.1 Å². The van der Waals surface area contributed by atoms with Gasteiger partial charge in [0.25, 0.3) is 0 Å². The molecule has 158 valence electrons. The molecule has 0 saturated carbocycles. The third kappa shape index (κ3) is 4.42. The Bertz CT molecular complexity index is 1080. The number of aryl methyl sites for hydroxylation is 1. The molecule has 1 unspecified atom stereocenters. The van der Waals surface area contributed by atoms with Gasteiger partial charge in [0.05, 0.1) is 6.20 Å². The second-order valence-corrected chi connectivity index (χ2v) is 9.94. The number of aromatic nitrogens is 2.